The fourth-order valence-electron chi connectivity index (χ4n) is 5.34. The zero-order chi connectivity index (χ0) is 30.5. The first-order valence-corrected chi connectivity index (χ1v) is 14.7. The minimum absolute atomic E-state index is 0.0545. The van der Waals surface area contributed by atoms with E-state index >= 15 is 0 Å². The zero-order valence-corrected chi connectivity index (χ0v) is 23.9. The van der Waals surface area contributed by atoms with Gasteiger partial charge in [-0.05, 0) is 48.9 Å². The highest BCUT2D eigenvalue weighted by Gasteiger charge is 2.44. The molecule has 4 amide bonds. The highest BCUT2D eigenvalue weighted by molar-refractivity contribution is 7.19. The second-order valence-electron chi connectivity index (χ2n) is 10.5. The normalized spacial score (nSPS) is 19.0. The van der Waals surface area contributed by atoms with E-state index in [0.29, 0.717) is 36.2 Å². The molecule has 15 heteroatoms. The Labute approximate surface area is 252 Å². The molecule has 0 unspecified atom stereocenters. The number of amides is 4. The lowest BCUT2D eigenvalue weighted by Gasteiger charge is -2.28. The minimum atomic E-state index is -4.58. The van der Waals surface area contributed by atoms with Crippen molar-refractivity contribution in [2.45, 2.75) is 37.9 Å². The second kappa shape index (κ2) is 11.2. The first-order chi connectivity index (χ1) is 20.5. The number of carbonyl (C=O) groups is 4. The summed E-state index contributed by atoms with van der Waals surface area (Å²) in [6.07, 6.45) is -1.64. The predicted molar refractivity (Wildman–Crippen MR) is 150 cm³/mol. The summed E-state index contributed by atoms with van der Waals surface area (Å²) in [5.74, 6) is -2.49. The molecule has 6 rings (SSSR count). The van der Waals surface area contributed by atoms with Crippen LogP contribution in [0.2, 0.25) is 5.15 Å². The van der Waals surface area contributed by atoms with E-state index in [2.05, 4.69) is 20.6 Å². The molecule has 1 saturated heterocycles. The van der Waals surface area contributed by atoms with Crippen molar-refractivity contribution >= 4 is 51.6 Å². The number of carbonyl (C=O) groups excluding carboxylic acids is 4. The fraction of sp³-hybridized carbons (Fsp3) is 0.357. The summed E-state index contributed by atoms with van der Waals surface area (Å²) in [4.78, 5) is 60.9. The number of halogens is 4. The molecule has 10 nitrogen and oxygen atoms in total. The lowest BCUT2D eigenvalue weighted by Crippen LogP contribution is -2.48. The van der Waals surface area contributed by atoms with Crippen LogP contribution in [-0.2, 0) is 20.6 Å². The summed E-state index contributed by atoms with van der Waals surface area (Å²) in [6.45, 7) is 0.765. The number of fused-ring (bicyclic) bond motifs is 2. The summed E-state index contributed by atoms with van der Waals surface area (Å²) < 4.78 is 38.6. The molecule has 2 aliphatic heterocycles. The van der Waals surface area contributed by atoms with Gasteiger partial charge in [-0.25, -0.2) is 15.0 Å². The number of aromatic nitrogens is 2. The smallest absolute Gasteiger partial charge is 0.340 e. The lowest BCUT2D eigenvalue weighted by atomic mass is 9.95. The van der Waals surface area contributed by atoms with E-state index in [4.69, 9.17) is 11.6 Å². The van der Waals surface area contributed by atoms with Crippen LogP contribution in [0.25, 0.3) is 10.6 Å². The molecule has 2 aromatic heterocycles. The van der Waals surface area contributed by atoms with Gasteiger partial charge in [0.05, 0.1) is 0 Å². The number of anilines is 1. The molecular weight excluding hydrogens is 609 g/mol. The van der Waals surface area contributed by atoms with Crippen LogP contribution in [0.5, 0.6) is 0 Å². The fourth-order valence-corrected chi connectivity index (χ4v) is 6.51. The highest BCUT2D eigenvalue weighted by Crippen LogP contribution is 2.41. The average Bonchev–Trinajstić information content (AvgIpc) is 3.60. The Balaban J connectivity index is 1.16. The van der Waals surface area contributed by atoms with Crippen molar-refractivity contribution in [1.29, 1.82) is 0 Å². The molecule has 3 aliphatic rings. The quantitative estimate of drug-likeness (QED) is 0.389. The number of alkyl halides is 3. The second-order valence-corrected chi connectivity index (χ2v) is 11.9. The third kappa shape index (κ3) is 5.80. The zero-order valence-electron chi connectivity index (χ0n) is 22.4. The number of hydrogen-bond donors (Lipinski definition) is 2. The number of pyridine rings is 1. The summed E-state index contributed by atoms with van der Waals surface area (Å²) in [5.41, 5.74) is -0.0135. The molecule has 2 atom stereocenters. The van der Waals surface area contributed by atoms with E-state index in [1.807, 2.05) is 0 Å². The summed E-state index contributed by atoms with van der Waals surface area (Å²) >= 11 is 7.17. The van der Waals surface area contributed by atoms with Crippen LogP contribution in [0, 0.1) is 11.8 Å². The van der Waals surface area contributed by atoms with Gasteiger partial charge in [-0.15, -0.1) is 0 Å². The minimum Gasteiger partial charge on any atom is -0.340 e. The Kier molecular flexibility index (Phi) is 7.59. The van der Waals surface area contributed by atoms with E-state index in [0.717, 1.165) is 36.4 Å². The largest absolute Gasteiger partial charge is 0.433 e. The predicted octanol–water partition coefficient (Wildman–Crippen LogP) is 4.69. The van der Waals surface area contributed by atoms with Crippen molar-refractivity contribution in [3.8, 4) is 10.6 Å². The third-order valence-corrected chi connectivity index (χ3v) is 9.03. The van der Waals surface area contributed by atoms with Gasteiger partial charge >= 0.3 is 6.18 Å². The van der Waals surface area contributed by atoms with E-state index in [9.17, 15) is 32.3 Å². The molecule has 2 N–H and O–H groups in total. The summed E-state index contributed by atoms with van der Waals surface area (Å²) in [6, 6.07) is 7.63. The molecule has 0 spiro atoms. The first-order valence-electron chi connectivity index (χ1n) is 13.5. The van der Waals surface area contributed by atoms with Gasteiger partial charge in [0.1, 0.15) is 21.7 Å². The molecule has 1 aromatic carbocycles. The van der Waals surface area contributed by atoms with Gasteiger partial charge < -0.3 is 10.6 Å². The van der Waals surface area contributed by atoms with Crippen molar-refractivity contribution < 1.29 is 32.3 Å². The Morgan fingerprint density at radius 3 is 2.53 bits per heavy atom. The number of nitrogens with zero attached hydrogens (tertiary/aromatic N) is 4. The Morgan fingerprint density at radius 2 is 1.84 bits per heavy atom. The lowest BCUT2D eigenvalue weighted by molar-refractivity contribution is -0.145. The monoisotopic (exact) mass is 632 g/mol. The maximum Gasteiger partial charge on any atom is 0.433 e. The van der Waals surface area contributed by atoms with Crippen LogP contribution >= 0.6 is 22.9 Å². The molecule has 224 valence electrons. The average molecular weight is 633 g/mol. The van der Waals surface area contributed by atoms with Crippen LogP contribution in [0.3, 0.4) is 0 Å². The number of hydrazine groups is 1. The van der Waals surface area contributed by atoms with Gasteiger partial charge in [-0.3, -0.25) is 24.2 Å². The van der Waals surface area contributed by atoms with Crippen molar-refractivity contribution in [2.24, 2.45) is 11.8 Å². The number of hydrogen-bond acceptors (Lipinski definition) is 7. The van der Waals surface area contributed by atoms with Gasteiger partial charge in [0.25, 0.3) is 11.8 Å². The Morgan fingerprint density at radius 1 is 1.09 bits per heavy atom. The molecule has 0 bridgehead atoms. The number of rotatable bonds is 7. The van der Waals surface area contributed by atoms with E-state index in [1.165, 1.54) is 16.1 Å². The highest BCUT2D eigenvalue weighted by atomic mass is 35.5. The molecule has 43 heavy (non-hydrogen) atoms. The third-order valence-electron chi connectivity index (χ3n) is 7.63. The molecule has 4 heterocycles. The number of nitrogens with one attached hydrogen (secondary N) is 2. The van der Waals surface area contributed by atoms with Crippen molar-refractivity contribution in [1.82, 2.24) is 25.3 Å². The molecule has 2 fully saturated rings. The van der Waals surface area contributed by atoms with Crippen LogP contribution in [0.1, 0.15) is 53.3 Å². The molecule has 1 aliphatic carbocycles. The molecule has 1 saturated carbocycles. The topological polar surface area (TPSA) is 125 Å². The molecular formula is C28H24ClF3N6O4S. The number of benzene rings is 1. The van der Waals surface area contributed by atoms with E-state index in [-0.39, 0.29) is 33.4 Å². The van der Waals surface area contributed by atoms with Crippen LogP contribution in [-0.4, -0.2) is 56.7 Å². The van der Waals surface area contributed by atoms with E-state index < -0.39 is 41.6 Å². The van der Waals surface area contributed by atoms with Gasteiger partial charge in [0.2, 0.25) is 11.8 Å². The summed E-state index contributed by atoms with van der Waals surface area (Å²) in [5, 5.41) is 8.65. The summed E-state index contributed by atoms with van der Waals surface area (Å²) in [7, 11) is 0. The van der Waals surface area contributed by atoms with Gasteiger partial charge in [-0.2, -0.15) is 13.2 Å². The van der Waals surface area contributed by atoms with Crippen molar-refractivity contribution in [2.75, 3.05) is 18.4 Å². The molecule has 3 aromatic rings. The first kappa shape index (κ1) is 29.1. The number of thiazole rings is 1. The van der Waals surface area contributed by atoms with Crippen LogP contribution in [0.15, 0.2) is 42.6 Å². The maximum absolute atomic E-state index is 13.6. The van der Waals surface area contributed by atoms with Crippen molar-refractivity contribution in [3.63, 3.8) is 0 Å². The maximum atomic E-state index is 13.6. The molecule has 0 radical (unpaired) electrons. The van der Waals surface area contributed by atoms with Gasteiger partial charge in [0, 0.05) is 42.8 Å². The Bertz CT molecular complexity index is 1610. The SMILES string of the molecule is O=C(C[C@H](C(=O)N[C@@H]1C(=O)N2CCCN2C(=O)c2ccccc21)C1CC1)Nc1sc(-c2ccc(C(F)(F)F)nc2)nc1Cl. The standard InChI is InChI=1S/C28H24ClF3N6O4S/c29-22-25(43-24(36-22)15-8-9-19(33-13-15)28(30,31)32)34-20(39)12-18(14-6-7-14)23(40)35-21-16-4-1-2-5-17(16)26(41)37-10-3-11-38(37)27(21)42/h1-2,4-5,8-9,13-14,18,21H,3,6-7,10-12H2,(H,34,39)(H,35,40)/t18-,21-/m0/s1. The Hall–Kier alpha value is -4.04. The van der Waals surface area contributed by atoms with Crippen LogP contribution in [0.4, 0.5) is 18.2 Å². The van der Waals surface area contributed by atoms with Gasteiger partial charge in [0.15, 0.2) is 5.15 Å². The van der Waals surface area contributed by atoms with Crippen molar-refractivity contribution in [3.05, 3.63) is 64.6 Å². The van der Waals surface area contributed by atoms with Gasteiger partial charge in [-0.1, -0.05) is 41.1 Å². The van der Waals surface area contributed by atoms with Crippen LogP contribution < -0.4 is 10.6 Å². The van der Waals surface area contributed by atoms with E-state index in [1.54, 1.807) is 24.3 Å².